The van der Waals surface area contributed by atoms with Crippen molar-refractivity contribution in [2.24, 2.45) is 11.8 Å². The number of ether oxygens (including phenoxy) is 7. The third-order valence-electron chi connectivity index (χ3n) is 11.9. The molecular formula is C45H67ClN6O15S. The van der Waals surface area contributed by atoms with Gasteiger partial charge >= 0.3 is 12.1 Å². The molecule has 2 saturated heterocycles. The number of nitrogens with one attached hydrogen (secondary N) is 3. The van der Waals surface area contributed by atoms with Crippen LogP contribution in [0, 0.1) is 5.92 Å². The van der Waals surface area contributed by atoms with E-state index in [0.717, 1.165) is 11.1 Å². The van der Waals surface area contributed by atoms with Gasteiger partial charge in [0.15, 0.2) is 5.72 Å². The summed E-state index contributed by atoms with van der Waals surface area (Å²) in [5.41, 5.74) is -1.11. The van der Waals surface area contributed by atoms with Gasteiger partial charge < -0.3 is 58.7 Å². The van der Waals surface area contributed by atoms with E-state index in [0.29, 0.717) is 43.4 Å². The number of alkyl carbamates (subject to hydrolysis) is 1. The van der Waals surface area contributed by atoms with E-state index >= 15 is 0 Å². The molecule has 2 fully saturated rings. The van der Waals surface area contributed by atoms with E-state index in [-0.39, 0.29) is 74.1 Å². The number of hydrogen-bond acceptors (Lipinski definition) is 17. The Balaban J connectivity index is 1.39. The fraction of sp³-hybridized carbons (Fsp3) is 0.644. The molecule has 8 atom stereocenters. The molecule has 0 aromatic heterocycles. The van der Waals surface area contributed by atoms with Gasteiger partial charge in [0.25, 0.3) is 0 Å². The molecule has 4 rings (SSSR count). The maximum Gasteiger partial charge on any atom is 0.409 e. The van der Waals surface area contributed by atoms with Crippen LogP contribution in [-0.4, -0.2) is 173 Å². The van der Waals surface area contributed by atoms with Crippen molar-refractivity contribution in [3.63, 3.8) is 0 Å². The number of rotatable bonds is 21. The van der Waals surface area contributed by atoms with Crippen molar-refractivity contribution in [3.05, 3.63) is 46.5 Å². The maximum atomic E-state index is 14.3. The van der Waals surface area contributed by atoms with E-state index < -0.39 is 65.7 Å². The zero-order valence-electron chi connectivity index (χ0n) is 40.0. The molecule has 1 unspecified atom stereocenters. The molecule has 0 radical (unpaired) electrons. The Morgan fingerprint density at radius 2 is 1.78 bits per heavy atom. The number of fused-ring (bicyclic) bond motifs is 5. The molecule has 21 nitrogen and oxygen atoms in total. The summed E-state index contributed by atoms with van der Waals surface area (Å²) in [7, 11) is 5.90. The van der Waals surface area contributed by atoms with Crippen molar-refractivity contribution in [1.29, 1.82) is 0 Å². The number of anilines is 1. The molecule has 0 spiro atoms. The molecule has 3 aliphatic heterocycles. The summed E-state index contributed by atoms with van der Waals surface area (Å²) in [5, 5.41) is 19.8. The number of amides is 5. The van der Waals surface area contributed by atoms with Gasteiger partial charge in [-0.1, -0.05) is 42.3 Å². The number of nitrogens with two attached hydrogens (primary N) is 1. The predicted octanol–water partition coefficient (Wildman–Crippen LogP) is 1.79. The van der Waals surface area contributed by atoms with Gasteiger partial charge in [-0.05, 0) is 44.9 Å². The van der Waals surface area contributed by atoms with Gasteiger partial charge in [-0.15, -0.1) is 0 Å². The first-order valence-electron chi connectivity index (χ1n) is 22.2. The van der Waals surface area contributed by atoms with Crippen LogP contribution in [0.1, 0.15) is 52.5 Å². The first-order chi connectivity index (χ1) is 32.3. The third-order valence-corrected chi connectivity index (χ3v) is 13.3. The number of esters is 1. The largest absolute Gasteiger partial charge is 0.495 e. The Morgan fingerprint density at radius 3 is 2.43 bits per heavy atom. The van der Waals surface area contributed by atoms with Crippen molar-refractivity contribution in [1.82, 2.24) is 20.9 Å². The van der Waals surface area contributed by atoms with Crippen LogP contribution in [0.3, 0.4) is 0 Å². The Morgan fingerprint density at radius 1 is 1.10 bits per heavy atom. The molecule has 23 heteroatoms. The van der Waals surface area contributed by atoms with Crippen molar-refractivity contribution in [2.45, 2.75) is 95.2 Å². The molecule has 0 saturated carbocycles. The lowest BCUT2D eigenvalue weighted by Crippen LogP contribution is -2.63. The minimum Gasteiger partial charge on any atom is -0.495 e. The van der Waals surface area contributed by atoms with Crippen LogP contribution in [0.25, 0.3) is 0 Å². The van der Waals surface area contributed by atoms with Crippen LogP contribution < -0.4 is 31.5 Å². The molecule has 68 heavy (non-hydrogen) atoms. The number of epoxide rings is 1. The highest BCUT2D eigenvalue weighted by Gasteiger charge is 2.64. The van der Waals surface area contributed by atoms with Crippen LogP contribution in [0.4, 0.5) is 10.5 Å². The number of allylic oxidation sites excluding steroid dienone is 3. The van der Waals surface area contributed by atoms with Crippen molar-refractivity contribution >= 4 is 64.7 Å². The van der Waals surface area contributed by atoms with Crippen molar-refractivity contribution < 1.29 is 71.9 Å². The van der Waals surface area contributed by atoms with E-state index in [4.69, 9.17) is 50.7 Å². The fourth-order valence-corrected chi connectivity index (χ4v) is 8.81. The minimum atomic E-state index is -1.87. The number of carbonyl (C=O) groups is 6. The van der Waals surface area contributed by atoms with Crippen LogP contribution in [0.5, 0.6) is 5.75 Å². The van der Waals surface area contributed by atoms with E-state index in [1.54, 1.807) is 45.2 Å². The summed E-state index contributed by atoms with van der Waals surface area (Å²) in [5.74, 6) is 2.75. The molecule has 1 aromatic carbocycles. The Labute approximate surface area is 406 Å². The quantitative estimate of drug-likeness (QED) is 0.0509. The number of carbonyl (C=O) groups excluding carboxylic acids is 6. The van der Waals surface area contributed by atoms with Gasteiger partial charge in [0.05, 0.1) is 57.5 Å². The van der Waals surface area contributed by atoms with Gasteiger partial charge in [0, 0.05) is 58.8 Å². The molecule has 3 heterocycles. The smallest absolute Gasteiger partial charge is 0.409 e. The van der Waals surface area contributed by atoms with Gasteiger partial charge in [-0.25, -0.2) is 15.5 Å². The lowest BCUT2D eigenvalue weighted by atomic mass is 9.83. The van der Waals surface area contributed by atoms with E-state index in [1.165, 1.54) is 49.8 Å². The standard InChI is InChI=1S/C45H67ClN6O15S/c1-27-10-9-11-34(61-8)45(59)24-33(65-43(58)50-45)28(2)41-44(4,67-41)35(23-39(56)52(6)31-21-30(20-27)22-32(60-7)40(31)46)66-42(57)29(3)51(5)38(55)12-19-68-26-37(54)49-14-16-63-18-17-62-15-13-48-36(53)25-64-47/h9-11,21-22,28-29,33-35,41,59H,12-20,23-26,47H2,1-8H3,(H,48,53)(H,49,54)(H,50,58)/b11-9+,27-10+/t28?,29-,33-,34+,35-,41-,44-,45-/m0/s1. The van der Waals surface area contributed by atoms with Crippen LogP contribution in [0.15, 0.2) is 35.9 Å². The number of thioether (sulfide) groups is 1. The van der Waals surface area contributed by atoms with Gasteiger partial charge in [0.1, 0.15) is 47.3 Å². The molecule has 3 aliphatic rings. The highest BCUT2D eigenvalue weighted by molar-refractivity contribution is 7.99. The summed E-state index contributed by atoms with van der Waals surface area (Å²) in [4.78, 5) is 84.9. The second kappa shape index (κ2) is 26.5. The zero-order chi connectivity index (χ0) is 50.2. The van der Waals surface area contributed by atoms with Gasteiger partial charge in [0.2, 0.25) is 23.6 Å². The number of methoxy groups -OCH3 is 2. The number of benzene rings is 1. The molecule has 0 aliphatic carbocycles. The maximum absolute atomic E-state index is 14.3. The number of nitrogens with zero attached hydrogens (tertiary/aromatic N) is 2. The third kappa shape index (κ3) is 15.8. The molecule has 6 N–H and O–H groups in total. The van der Waals surface area contributed by atoms with Crippen molar-refractivity contribution in [3.8, 4) is 5.75 Å². The summed E-state index contributed by atoms with van der Waals surface area (Å²) >= 11 is 8.04. The average Bonchev–Trinajstić information content (AvgIpc) is 4.00. The summed E-state index contributed by atoms with van der Waals surface area (Å²) in [6.45, 7) is 8.37. The normalized spacial score (nSPS) is 26.7. The lowest BCUT2D eigenvalue weighted by Gasteiger charge is -2.42. The average molecular weight is 1000 g/mol. The van der Waals surface area contributed by atoms with Crippen molar-refractivity contribution in [2.75, 3.05) is 90.8 Å². The van der Waals surface area contributed by atoms with E-state index in [2.05, 4.69) is 20.8 Å². The number of hydrogen-bond donors (Lipinski definition) is 5. The first kappa shape index (κ1) is 56.1. The summed E-state index contributed by atoms with van der Waals surface area (Å²) in [6.07, 6.45) is 0.547. The summed E-state index contributed by atoms with van der Waals surface area (Å²) < 4.78 is 40.1. The number of halogens is 1. The highest BCUT2D eigenvalue weighted by atomic mass is 35.5. The second-order valence-electron chi connectivity index (χ2n) is 16.9. The Hall–Kier alpha value is -4.52. The van der Waals surface area contributed by atoms with Gasteiger partial charge in [-0.3, -0.25) is 29.3 Å². The Kier molecular flexibility index (Phi) is 21.8. The number of aliphatic hydroxyl groups is 1. The molecule has 380 valence electrons. The fourth-order valence-electron chi connectivity index (χ4n) is 7.74. The van der Waals surface area contributed by atoms with Crippen LogP contribution in [0.2, 0.25) is 5.02 Å². The predicted molar refractivity (Wildman–Crippen MR) is 251 cm³/mol. The molecule has 5 amide bonds. The van der Waals surface area contributed by atoms with E-state index in [1.807, 2.05) is 13.0 Å². The van der Waals surface area contributed by atoms with Gasteiger partial charge in [-0.2, -0.15) is 11.8 Å². The Bertz CT molecular complexity index is 2000. The van der Waals surface area contributed by atoms with Crippen LogP contribution >= 0.6 is 23.4 Å². The molecular weight excluding hydrogens is 932 g/mol. The molecule has 4 bridgehead atoms. The second-order valence-corrected chi connectivity index (χ2v) is 18.4. The highest BCUT2D eigenvalue weighted by Crippen LogP contribution is 2.49. The SMILES string of the molecule is COc1cc2cc(c1Cl)N(C)C(=O)C[C@H](OC(=O)[C@H](C)N(C)C(=O)CCSCC(=O)NCCOCCOCCNC(=O)CON)[C@]1(C)O[C@H]1C(C)[C@@H]1C[C@@](O)(NC(=O)O1)[C@H](OC)/C=C/C=C(\C)C2. The lowest BCUT2D eigenvalue weighted by molar-refractivity contribution is -0.162. The van der Waals surface area contributed by atoms with E-state index in [9.17, 15) is 33.9 Å². The minimum absolute atomic E-state index is 0.0203. The number of likely N-dealkylation sites (N-methyl/N-ethyl adjacent to an activating group) is 1. The zero-order valence-corrected chi connectivity index (χ0v) is 41.5. The first-order valence-corrected chi connectivity index (χ1v) is 23.7. The summed E-state index contributed by atoms with van der Waals surface area (Å²) in [6, 6.07) is 2.45. The van der Waals surface area contributed by atoms with Crippen LogP contribution in [-0.2, 0) is 63.7 Å². The molecule has 1 aromatic rings. The monoisotopic (exact) mass is 998 g/mol. The topological polar surface area (TPSA) is 268 Å².